The average molecular weight is 449 g/mol. The second-order valence-electron chi connectivity index (χ2n) is 8.34. The van der Waals surface area contributed by atoms with Crippen LogP contribution in [0.5, 0.6) is 0 Å². The fourth-order valence-corrected chi connectivity index (χ4v) is 5.10. The molecule has 2 aromatic carbocycles. The highest BCUT2D eigenvalue weighted by molar-refractivity contribution is 7.99. The Morgan fingerprint density at radius 3 is 2.66 bits per heavy atom. The fourth-order valence-electron chi connectivity index (χ4n) is 4.72. The van der Waals surface area contributed by atoms with Gasteiger partial charge in [0.1, 0.15) is 17.2 Å². The number of aryl methyl sites for hydroxylation is 2. The summed E-state index contributed by atoms with van der Waals surface area (Å²) in [6.45, 7) is 2.60. The van der Waals surface area contributed by atoms with Crippen LogP contribution in [-0.4, -0.2) is 20.4 Å². The standard InChI is InChI=1S/C25H25FN4OS/c1-15-27-24-22(28-32-3)11-17(21-14-29(2)25(31)20-6-4-5-19(20)21)12-23(24)30(15)13-16-7-9-18(26)10-8-16/h7-12,14,28H,4-6,13H2,1-3H3. The molecule has 1 aliphatic rings. The summed E-state index contributed by atoms with van der Waals surface area (Å²) in [5, 5.41) is 0. The number of anilines is 1. The smallest absolute Gasteiger partial charge is 0.253 e. The largest absolute Gasteiger partial charge is 0.328 e. The highest BCUT2D eigenvalue weighted by Gasteiger charge is 2.22. The molecule has 0 saturated heterocycles. The lowest BCUT2D eigenvalue weighted by atomic mass is 9.98. The molecule has 1 aliphatic carbocycles. The van der Waals surface area contributed by atoms with Crippen molar-refractivity contribution in [3.05, 3.63) is 81.3 Å². The molecule has 0 unspecified atom stereocenters. The summed E-state index contributed by atoms with van der Waals surface area (Å²) < 4.78 is 20.6. The van der Waals surface area contributed by atoms with Crippen molar-refractivity contribution in [3.63, 3.8) is 0 Å². The van der Waals surface area contributed by atoms with E-state index in [1.54, 1.807) is 4.57 Å². The predicted molar refractivity (Wildman–Crippen MR) is 130 cm³/mol. The third-order valence-corrected chi connectivity index (χ3v) is 6.69. The molecule has 0 radical (unpaired) electrons. The maximum atomic E-state index is 13.4. The highest BCUT2D eigenvalue weighted by Crippen LogP contribution is 2.36. The molecule has 5 nitrogen and oxygen atoms in total. The van der Waals surface area contributed by atoms with Gasteiger partial charge >= 0.3 is 0 Å². The fraction of sp³-hybridized carbons (Fsp3) is 0.280. The number of aromatic nitrogens is 3. The van der Waals surface area contributed by atoms with Crippen molar-refractivity contribution in [1.82, 2.24) is 14.1 Å². The highest BCUT2D eigenvalue weighted by atomic mass is 32.2. The first-order valence-corrected chi connectivity index (χ1v) is 11.9. The summed E-state index contributed by atoms with van der Waals surface area (Å²) in [5.74, 6) is 0.662. The number of hydrogen-bond donors (Lipinski definition) is 1. The Morgan fingerprint density at radius 1 is 1.16 bits per heavy atom. The molecule has 1 N–H and O–H groups in total. The van der Waals surface area contributed by atoms with Crippen molar-refractivity contribution in [2.24, 2.45) is 7.05 Å². The number of imidazole rings is 1. The Labute approximate surface area is 190 Å². The molecule has 0 fully saturated rings. The van der Waals surface area contributed by atoms with Gasteiger partial charge in [0.05, 0.1) is 11.2 Å². The van der Waals surface area contributed by atoms with Gasteiger partial charge in [-0.25, -0.2) is 9.37 Å². The average Bonchev–Trinajstić information content (AvgIpc) is 3.38. The molecule has 164 valence electrons. The molecule has 5 rings (SSSR count). The molecule has 0 bridgehead atoms. The Bertz CT molecular complexity index is 1390. The van der Waals surface area contributed by atoms with Gasteiger partial charge in [-0.15, -0.1) is 0 Å². The number of benzene rings is 2. The van der Waals surface area contributed by atoms with Crippen molar-refractivity contribution in [2.75, 3.05) is 11.0 Å². The van der Waals surface area contributed by atoms with E-state index < -0.39 is 0 Å². The van der Waals surface area contributed by atoms with Crippen molar-refractivity contribution < 1.29 is 4.39 Å². The van der Waals surface area contributed by atoms with Gasteiger partial charge in [-0.3, -0.25) is 4.79 Å². The lowest BCUT2D eigenvalue weighted by Crippen LogP contribution is -2.21. The van der Waals surface area contributed by atoms with Crippen molar-refractivity contribution in [3.8, 4) is 11.1 Å². The predicted octanol–water partition coefficient (Wildman–Crippen LogP) is 5.08. The maximum absolute atomic E-state index is 13.4. The summed E-state index contributed by atoms with van der Waals surface area (Å²) >= 11 is 1.53. The Hall–Kier alpha value is -3.06. The monoisotopic (exact) mass is 448 g/mol. The molecular weight excluding hydrogens is 423 g/mol. The van der Waals surface area contributed by atoms with Gasteiger partial charge in [0, 0.05) is 37.2 Å². The summed E-state index contributed by atoms with van der Waals surface area (Å²) in [4.78, 5) is 17.5. The van der Waals surface area contributed by atoms with Crippen molar-refractivity contribution >= 4 is 28.7 Å². The molecule has 0 aliphatic heterocycles. The Balaban J connectivity index is 1.72. The minimum absolute atomic E-state index is 0.113. The molecule has 0 saturated carbocycles. The zero-order chi connectivity index (χ0) is 22.4. The van der Waals surface area contributed by atoms with Crippen molar-refractivity contribution in [2.45, 2.75) is 32.7 Å². The Kier molecular flexibility index (Phi) is 5.29. The molecule has 4 aromatic rings. The van der Waals surface area contributed by atoms with Gasteiger partial charge in [0.2, 0.25) is 0 Å². The maximum Gasteiger partial charge on any atom is 0.253 e. The van der Waals surface area contributed by atoms with Crippen LogP contribution in [0.15, 0.2) is 47.4 Å². The van der Waals surface area contributed by atoms with Crippen LogP contribution in [0.4, 0.5) is 10.1 Å². The van der Waals surface area contributed by atoms with Gasteiger partial charge in [-0.05, 0) is 67.1 Å². The number of hydrogen-bond acceptors (Lipinski definition) is 4. The van der Waals surface area contributed by atoms with Gasteiger partial charge in [0.25, 0.3) is 5.56 Å². The van der Waals surface area contributed by atoms with Crippen LogP contribution in [-0.2, 0) is 26.4 Å². The lowest BCUT2D eigenvalue weighted by molar-refractivity contribution is 0.626. The van der Waals surface area contributed by atoms with Crippen LogP contribution in [0.1, 0.15) is 28.9 Å². The lowest BCUT2D eigenvalue weighted by Gasteiger charge is -2.14. The number of rotatable bonds is 5. The SMILES string of the molecule is CSNc1cc(-c2cn(C)c(=O)c3c2CCC3)cc2c1nc(C)n2Cc1ccc(F)cc1. The van der Waals surface area contributed by atoms with E-state index in [-0.39, 0.29) is 11.4 Å². The molecule has 7 heteroatoms. The molecule has 0 atom stereocenters. The number of pyridine rings is 1. The number of nitrogens with zero attached hydrogens (tertiary/aromatic N) is 3. The van der Waals surface area contributed by atoms with Gasteiger partial charge < -0.3 is 13.9 Å². The summed E-state index contributed by atoms with van der Waals surface area (Å²) in [5.41, 5.74) is 8.30. The summed E-state index contributed by atoms with van der Waals surface area (Å²) in [7, 11) is 1.83. The molecule has 32 heavy (non-hydrogen) atoms. The molecule has 0 spiro atoms. The zero-order valence-corrected chi connectivity index (χ0v) is 19.2. The minimum atomic E-state index is -0.238. The van der Waals surface area contributed by atoms with Crippen LogP contribution < -0.4 is 10.3 Å². The normalized spacial score (nSPS) is 13.0. The molecular formula is C25H25FN4OS. The van der Waals surface area contributed by atoms with E-state index in [1.165, 1.54) is 29.6 Å². The topological polar surface area (TPSA) is 51.9 Å². The van der Waals surface area contributed by atoms with Crippen LogP contribution >= 0.6 is 11.9 Å². The molecule has 2 aromatic heterocycles. The van der Waals surface area contributed by atoms with E-state index in [2.05, 4.69) is 21.4 Å². The third-order valence-electron chi connectivity index (χ3n) is 6.27. The third kappa shape index (κ3) is 3.50. The van der Waals surface area contributed by atoms with Gasteiger partial charge in [0.15, 0.2) is 0 Å². The quantitative estimate of drug-likeness (QED) is 0.433. The second-order valence-corrected chi connectivity index (χ2v) is 8.95. The zero-order valence-electron chi connectivity index (χ0n) is 18.4. The van der Waals surface area contributed by atoms with E-state index in [9.17, 15) is 9.18 Å². The van der Waals surface area contributed by atoms with Crippen LogP contribution in [0.3, 0.4) is 0 Å². The van der Waals surface area contributed by atoms with Gasteiger partial charge in [-0.2, -0.15) is 0 Å². The van der Waals surface area contributed by atoms with Crippen LogP contribution in [0.25, 0.3) is 22.2 Å². The van der Waals surface area contributed by atoms with Gasteiger partial charge in [-0.1, -0.05) is 24.1 Å². The first-order chi connectivity index (χ1) is 15.5. The number of nitrogens with one attached hydrogen (secondary N) is 1. The van der Waals surface area contributed by atoms with E-state index >= 15 is 0 Å². The summed E-state index contributed by atoms with van der Waals surface area (Å²) in [6.07, 6.45) is 6.74. The summed E-state index contributed by atoms with van der Waals surface area (Å²) in [6, 6.07) is 10.9. The van der Waals surface area contributed by atoms with Crippen LogP contribution in [0.2, 0.25) is 0 Å². The Morgan fingerprint density at radius 2 is 1.91 bits per heavy atom. The van der Waals surface area contributed by atoms with Crippen LogP contribution in [0, 0.1) is 12.7 Å². The number of fused-ring (bicyclic) bond motifs is 2. The minimum Gasteiger partial charge on any atom is -0.328 e. The van der Waals surface area contributed by atoms with E-state index in [1.807, 2.05) is 38.6 Å². The second kappa shape index (κ2) is 8.13. The van der Waals surface area contributed by atoms with E-state index in [0.717, 1.165) is 64.1 Å². The van der Waals surface area contributed by atoms with E-state index in [4.69, 9.17) is 4.98 Å². The van der Waals surface area contributed by atoms with E-state index in [0.29, 0.717) is 6.54 Å². The number of halogens is 1. The first-order valence-electron chi connectivity index (χ1n) is 10.7. The molecule has 0 amide bonds. The first kappa shape index (κ1) is 20.8. The van der Waals surface area contributed by atoms with Crippen molar-refractivity contribution in [1.29, 1.82) is 0 Å². The molecule has 2 heterocycles.